The highest BCUT2D eigenvalue weighted by Crippen LogP contribution is 2.37. The van der Waals surface area contributed by atoms with Gasteiger partial charge in [0.15, 0.2) is 5.65 Å². The summed E-state index contributed by atoms with van der Waals surface area (Å²) < 4.78 is 8.28. The van der Waals surface area contributed by atoms with Gasteiger partial charge in [0.1, 0.15) is 5.75 Å². The molecule has 0 unspecified atom stereocenters. The van der Waals surface area contributed by atoms with Crippen molar-refractivity contribution in [2.45, 2.75) is 44.6 Å². The monoisotopic (exact) mass is 499 g/mol. The Kier molecular flexibility index (Phi) is 6.69. The number of ether oxygens (including phenoxy) is 1. The third kappa shape index (κ3) is 4.88. The van der Waals surface area contributed by atoms with Crippen molar-refractivity contribution in [1.29, 1.82) is 0 Å². The largest absolute Gasteiger partial charge is 0.494 e. The van der Waals surface area contributed by atoms with Crippen molar-refractivity contribution in [3.8, 4) is 28.1 Å². The lowest BCUT2D eigenvalue weighted by Gasteiger charge is -2.30. The van der Waals surface area contributed by atoms with E-state index in [-0.39, 0.29) is 0 Å². The maximum absolute atomic E-state index is 6.13. The molecule has 4 aromatic rings. The summed E-state index contributed by atoms with van der Waals surface area (Å²) in [4.78, 5) is 8.09. The third-order valence-electron chi connectivity index (χ3n) is 8.18. The lowest BCUT2D eigenvalue weighted by Crippen LogP contribution is -2.31. The summed E-state index contributed by atoms with van der Waals surface area (Å²) in [6, 6.07) is 9.17. The van der Waals surface area contributed by atoms with Gasteiger partial charge in [0, 0.05) is 34.5 Å². The Morgan fingerprint density at radius 2 is 1.70 bits per heavy atom. The van der Waals surface area contributed by atoms with Gasteiger partial charge < -0.3 is 19.5 Å². The summed E-state index contributed by atoms with van der Waals surface area (Å²) in [6.45, 7) is 7.19. The first-order valence-corrected chi connectivity index (χ1v) is 13.6. The van der Waals surface area contributed by atoms with Crippen molar-refractivity contribution in [2.75, 3.05) is 46.9 Å². The van der Waals surface area contributed by atoms with Gasteiger partial charge in [0.2, 0.25) is 0 Å². The van der Waals surface area contributed by atoms with E-state index in [1.165, 1.54) is 18.4 Å². The first-order valence-electron chi connectivity index (χ1n) is 13.6. The van der Waals surface area contributed by atoms with Gasteiger partial charge in [0.25, 0.3) is 0 Å². The van der Waals surface area contributed by atoms with Crippen LogP contribution < -0.4 is 4.74 Å². The second-order valence-electron chi connectivity index (χ2n) is 10.7. The molecule has 0 saturated carbocycles. The van der Waals surface area contributed by atoms with Crippen LogP contribution in [0.4, 0.5) is 0 Å². The molecule has 0 atom stereocenters. The smallest absolute Gasteiger partial charge is 0.160 e. The summed E-state index contributed by atoms with van der Waals surface area (Å²) in [7, 11) is 4.39. The SMILES string of the molecule is CCOc1cc(-c2cc3c(-c4cnn(C5CCN(C)CC5)c4)c[nH]c3nn2)ccc1C1CCN(C)CC1. The van der Waals surface area contributed by atoms with Crippen LogP contribution in [0.2, 0.25) is 0 Å². The quantitative estimate of drug-likeness (QED) is 0.404. The number of fused-ring (bicyclic) bond motifs is 1. The maximum Gasteiger partial charge on any atom is 0.160 e. The van der Waals surface area contributed by atoms with E-state index in [1.807, 2.05) is 12.4 Å². The zero-order chi connectivity index (χ0) is 25.4. The molecule has 2 fully saturated rings. The number of aromatic amines is 1. The summed E-state index contributed by atoms with van der Waals surface area (Å²) >= 11 is 0. The number of H-pyrrole nitrogens is 1. The average molecular weight is 500 g/mol. The Morgan fingerprint density at radius 3 is 2.46 bits per heavy atom. The minimum atomic E-state index is 0.463. The van der Waals surface area contributed by atoms with Crippen LogP contribution >= 0.6 is 0 Å². The predicted molar refractivity (Wildman–Crippen MR) is 147 cm³/mol. The second kappa shape index (κ2) is 10.3. The lowest BCUT2D eigenvalue weighted by atomic mass is 9.88. The zero-order valence-corrected chi connectivity index (χ0v) is 22.2. The number of piperidine rings is 2. The van der Waals surface area contributed by atoms with E-state index in [2.05, 4.69) is 81.1 Å². The molecule has 0 bridgehead atoms. The normalized spacial score (nSPS) is 18.6. The molecule has 37 heavy (non-hydrogen) atoms. The fraction of sp³-hybridized carbons (Fsp3) is 0.483. The Balaban J connectivity index is 1.30. The van der Waals surface area contributed by atoms with E-state index in [1.54, 1.807) is 0 Å². The van der Waals surface area contributed by atoms with E-state index < -0.39 is 0 Å². The molecule has 5 heterocycles. The number of likely N-dealkylation sites (tertiary alicyclic amines) is 2. The molecule has 3 aromatic heterocycles. The highest BCUT2D eigenvalue weighted by atomic mass is 16.5. The van der Waals surface area contributed by atoms with Crippen LogP contribution in [-0.2, 0) is 0 Å². The van der Waals surface area contributed by atoms with Crippen molar-refractivity contribution in [2.24, 2.45) is 0 Å². The molecule has 0 radical (unpaired) electrons. The maximum atomic E-state index is 6.13. The zero-order valence-electron chi connectivity index (χ0n) is 22.2. The molecular formula is C29H37N7O. The average Bonchev–Trinajstić information content (AvgIpc) is 3.57. The Morgan fingerprint density at radius 1 is 0.946 bits per heavy atom. The molecule has 8 nitrogen and oxygen atoms in total. The van der Waals surface area contributed by atoms with Crippen molar-refractivity contribution in [3.63, 3.8) is 0 Å². The van der Waals surface area contributed by atoms with Gasteiger partial charge in [-0.1, -0.05) is 12.1 Å². The van der Waals surface area contributed by atoms with E-state index in [4.69, 9.17) is 9.84 Å². The van der Waals surface area contributed by atoms with Crippen molar-refractivity contribution >= 4 is 11.0 Å². The number of hydrogen-bond acceptors (Lipinski definition) is 6. The Bertz CT molecular complexity index is 1360. The first-order chi connectivity index (χ1) is 18.1. The molecule has 0 aliphatic carbocycles. The van der Waals surface area contributed by atoms with Gasteiger partial charge in [-0.05, 0) is 96.5 Å². The van der Waals surface area contributed by atoms with E-state index in [9.17, 15) is 0 Å². The van der Waals surface area contributed by atoms with E-state index in [0.717, 1.165) is 78.2 Å². The molecule has 194 valence electrons. The fourth-order valence-electron chi connectivity index (χ4n) is 5.87. The summed E-state index contributed by atoms with van der Waals surface area (Å²) in [5, 5.41) is 14.9. The number of aromatic nitrogens is 5. The molecule has 0 spiro atoms. The molecule has 0 amide bonds. The van der Waals surface area contributed by atoms with Crippen LogP contribution in [0.1, 0.15) is 50.1 Å². The predicted octanol–water partition coefficient (Wildman–Crippen LogP) is 4.96. The van der Waals surface area contributed by atoms with Gasteiger partial charge in [-0.15, -0.1) is 10.2 Å². The number of hydrogen-bond donors (Lipinski definition) is 1. The lowest BCUT2D eigenvalue weighted by molar-refractivity contribution is 0.212. The van der Waals surface area contributed by atoms with Gasteiger partial charge >= 0.3 is 0 Å². The molecule has 2 saturated heterocycles. The van der Waals surface area contributed by atoms with Crippen molar-refractivity contribution in [3.05, 3.63) is 48.4 Å². The van der Waals surface area contributed by atoms with Crippen molar-refractivity contribution < 1.29 is 4.74 Å². The van der Waals surface area contributed by atoms with Crippen LogP contribution in [0.15, 0.2) is 42.9 Å². The van der Waals surface area contributed by atoms with Gasteiger partial charge in [-0.2, -0.15) is 5.10 Å². The van der Waals surface area contributed by atoms with Crippen molar-refractivity contribution in [1.82, 2.24) is 34.8 Å². The minimum Gasteiger partial charge on any atom is -0.494 e. The molecule has 1 aromatic carbocycles. The molecule has 1 N–H and O–H groups in total. The highest BCUT2D eigenvalue weighted by molar-refractivity contribution is 5.94. The van der Waals surface area contributed by atoms with Crippen LogP contribution in [0.25, 0.3) is 33.4 Å². The number of benzene rings is 1. The highest BCUT2D eigenvalue weighted by Gasteiger charge is 2.23. The number of nitrogens with one attached hydrogen (secondary N) is 1. The van der Waals surface area contributed by atoms with Gasteiger partial charge in [-0.3, -0.25) is 4.68 Å². The Labute approximate surface area is 218 Å². The molecule has 2 aliphatic heterocycles. The standard InChI is InChI=1S/C29H37N7O/c1-4-37-28-15-21(5-6-24(28)20-7-11-34(2)12-8-20)27-16-25-26(18-30-29(25)33-32-27)22-17-31-36(19-22)23-9-13-35(3)14-10-23/h5-6,15-20,23H,4,7-14H2,1-3H3,(H,30,33). The number of nitrogens with zero attached hydrogens (tertiary/aromatic N) is 6. The topological polar surface area (TPSA) is 75.1 Å². The molecular weight excluding hydrogens is 462 g/mol. The van der Waals surface area contributed by atoms with Crippen LogP contribution in [0, 0.1) is 0 Å². The van der Waals surface area contributed by atoms with Crippen LogP contribution in [0.5, 0.6) is 5.75 Å². The van der Waals surface area contributed by atoms with Crippen LogP contribution in [0.3, 0.4) is 0 Å². The van der Waals surface area contributed by atoms with E-state index in [0.29, 0.717) is 18.6 Å². The molecule has 8 heteroatoms. The van der Waals surface area contributed by atoms with Crippen LogP contribution in [-0.4, -0.2) is 81.6 Å². The summed E-state index contributed by atoms with van der Waals surface area (Å²) in [5.74, 6) is 1.52. The first kappa shape index (κ1) is 24.1. The summed E-state index contributed by atoms with van der Waals surface area (Å²) in [5.41, 5.74) is 6.21. The summed E-state index contributed by atoms with van der Waals surface area (Å²) in [6.07, 6.45) is 10.8. The molecule has 6 rings (SSSR count). The van der Waals surface area contributed by atoms with Gasteiger partial charge in [0.05, 0.1) is 24.5 Å². The fourth-order valence-corrected chi connectivity index (χ4v) is 5.87. The minimum absolute atomic E-state index is 0.463. The van der Waals surface area contributed by atoms with E-state index >= 15 is 0 Å². The van der Waals surface area contributed by atoms with Gasteiger partial charge in [-0.25, -0.2) is 0 Å². The third-order valence-corrected chi connectivity index (χ3v) is 8.18. The molecule has 2 aliphatic rings. The Hall–Kier alpha value is -3.23. The second-order valence-corrected chi connectivity index (χ2v) is 10.7. The number of rotatable bonds is 6.